The van der Waals surface area contributed by atoms with Gasteiger partial charge >= 0.3 is 0 Å². The monoisotopic (exact) mass is 361 g/mol. The second-order valence-corrected chi connectivity index (χ2v) is 7.66. The Kier molecular flexibility index (Phi) is 4.14. The lowest BCUT2D eigenvalue weighted by atomic mass is 10.1. The Balaban J connectivity index is 1.28. The molecule has 3 N–H and O–H groups in total. The number of fused-ring (bicyclic) bond motifs is 3. The second kappa shape index (κ2) is 6.79. The minimum absolute atomic E-state index is 0.0869. The maximum absolute atomic E-state index is 12.7. The molecule has 1 aromatic heterocycles. The summed E-state index contributed by atoms with van der Waals surface area (Å²) in [6, 6.07) is 15.0. The molecule has 6 nitrogen and oxygen atoms in total. The van der Waals surface area contributed by atoms with Crippen molar-refractivity contribution in [3.8, 4) is 0 Å². The van der Waals surface area contributed by atoms with Crippen LogP contribution in [0.4, 0.5) is 5.69 Å². The fourth-order valence-electron chi connectivity index (χ4n) is 4.30. The fraction of sp³-hybridized carbons (Fsp3) is 0.333. The summed E-state index contributed by atoms with van der Waals surface area (Å²) in [5.74, 6) is -0.0869. The van der Waals surface area contributed by atoms with Crippen LogP contribution in [0.25, 0.3) is 10.9 Å². The van der Waals surface area contributed by atoms with E-state index in [9.17, 15) is 4.79 Å². The Morgan fingerprint density at radius 3 is 2.85 bits per heavy atom. The van der Waals surface area contributed by atoms with E-state index in [1.807, 2.05) is 36.4 Å². The van der Waals surface area contributed by atoms with E-state index in [2.05, 4.69) is 31.8 Å². The van der Waals surface area contributed by atoms with Gasteiger partial charge < -0.3 is 10.6 Å². The lowest BCUT2D eigenvalue weighted by molar-refractivity contribution is 0.102. The van der Waals surface area contributed by atoms with E-state index in [0.717, 1.165) is 36.2 Å². The first kappa shape index (κ1) is 16.5. The number of benzene rings is 2. The fourth-order valence-corrected chi connectivity index (χ4v) is 4.30. The largest absolute Gasteiger partial charge is 0.322 e. The van der Waals surface area contributed by atoms with Crippen LogP contribution in [0.15, 0.2) is 48.7 Å². The number of nitrogens with zero attached hydrogens (tertiary/aromatic N) is 2. The van der Waals surface area contributed by atoms with Crippen LogP contribution in [0, 0.1) is 0 Å². The third-order valence-corrected chi connectivity index (χ3v) is 5.59. The highest BCUT2D eigenvalue weighted by molar-refractivity contribution is 6.05. The molecule has 3 aromatic rings. The predicted octanol–water partition coefficient (Wildman–Crippen LogP) is 2.75. The molecule has 0 saturated carbocycles. The van der Waals surface area contributed by atoms with Gasteiger partial charge in [0.25, 0.3) is 5.91 Å². The van der Waals surface area contributed by atoms with Gasteiger partial charge in [0.1, 0.15) is 0 Å². The molecule has 27 heavy (non-hydrogen) atoms. The minimum Gasteiger partial charge on any atom is -0.322 e. The zero-order valence-corrected chi connectivity index (χ0v) is 15.1. The summed E-state index contributed by atoms with van der Waals surface area (Å²) >= 11 is 0. The van der Waals surface area contributed by atoms with Crippen molar-refractivity contribution in [1.82, 2.24) is 20.4 Å². The van der Waals surface area contributed by atoms with Crippen LogP contribution in [0.3, 0.4) is 0 Å². The van der Waals surface area contributed by atoms with Crippen LogP contribution >= 0.6 is 0 Å². The number of likely N-dealkylation sites (tertiary alicyclic amines) is 1. The maximum Gasteiger partial charge on any atom is 0.255 e. The minimum atomic E-state index is -0.0869. The van der Waals surface area contributed by atoms with E-state index in [1.54, 1.807) is 6.20 Å². The number of hydrogen-bond donors (Lipinski definition) is 3. The Labute approximate surface area is 157 Å². The number of carbonyl (C=O) groups excluding carboxylic acids is 1. The molecule has 1 amide bonds. The summed E-state index contributed by atoms with van der Waals surface area (Å²) in [6.07, 6.45) is 4.33. The van der Waals surface area contributed by atoms with E-state index in [1.165, 1.54) is 18.4 Å². The summed E-state index contributed by atoms with van der Waals surface area (Å²) in [5, 5.41) is 14.6. The van der Waals surface area contributed by atoms with Gasteiger partial charge in [-0.1, -0.05) is 12.1 Å². The highest BCUT2D eigenvalue weighted by atomic mass is 16.1. The number of carbonyl (C=O) groups is 1. The molecule has 0 radical (unpaired) electrons. The molecular weight excluding hydrogens is 338 g/mol. The van der Waals surface area contributed by atoms with Gasteiger partial charge in [-0.15, -0.1) is 0 Å². The molecule has 2 saturated heterocycles. The Morgan fingerprint density at radius 2 is 2.00 bits per heavy atom. The first-order valence-electron chi connectivity index (χ1n) is 9.55. The van der Waals surface area contributed by atoms with Gasteiger partial charge in [-0.3, -0.25) is 14.8 Å². The third-order valence-electron chi connectivity index (χ3n) is 5.59. The van der Waals surface area contributed by atoms with E-state index >= 15 is 0 Å². The normalized spacial score (nSPS) is 22.2. The maximum atomic E-state index is 12.7. The highest BCUT2D eigenvalue weighted by Crippen LogP contribution is 2.22. The number of aromatic nitrogens is 2. The van der Waals surface area contributed by atoms with Gasteiger partial charge in [0.15, 0.2) is 0 Å². The molecule has 5 rings (SSSR count). The molecule has 2 bridgehead atoms. The number of anilines is 1. The molecule has 2 aliphatic heterocycles. The highest BCUT2D eigenvalue weighted by Gasteiger charge is 2.31. The van der Waals surface area contributed by atoms with Gasteiger partial charge in [0, 0.05) is 48.4 Å². The van der Waals surface area contributed by atoms with Crippen LogP contribution in [-0.4, -0.2) is 46.2 Å². The zero-order valence-electron chi connectivity index (χ0n) is 15.1. The number of piperazine rings is 1. The third kappa shape index (κ3) is 3.46. The number of hydrogen-bond acceptors (Lipinski definition) is 4. The van der Waals surface area contributed by atoms with Crippen molar-refractivity contribution in [2.75, 3.05) is 18.4 Å². The summed E-state index contributed by atoms with van der Waals surface area (Å²) in [7, 11) is 0. The summed E-state index contributed by atoms with van der Waals surface area (Å²) in [6.45, 7) is 3.09. The molecule has 2 fully saturated rings. The molecule has 0 spiro atoms. The van der Waals surface area contributed by atoms with Gasteiger partial charge in [-0.25, -0.2) is 0 Å². The number of H-pyrrole nitrogens is 1. The van der Waals surface area contributed by atoms with Crippen LogP contribution in [-0.2, 0) is 6.54 Å². The quantitative estimate of drug-likeness (QED) is 0.668. The first-order valence-corrected chi connectivity index (χ1v) is 9.55. The van der Waals surface area contributed by atoms with E-state index < -0.39 is 0 Å². The number of rotatable bonds is 4. The van der Waals surface area contributed by atoms with Gasteiger partial charge in [0.2, 0.25) is 0 Å². The average Bonchev–Trinajstić information content (AvgIpc) is 3.27. The molecule has 6 heteroatoms. The topological polar surface area (TPSA) is 73.0 Å². The van der Waals surface area contributed by atoms with Crippen LogP contribution in [0.2, 0.25) is 0 Å². The number of amides is 1. The number of nitrogens with one attached hydrogen (secondary N) is 3. The van der Waals surface area contributed by atoms with Crippen molar-refractivity contribution >= 4 is 22.5 Å². The summed E-state index contributed by atoms with van der Waals surface area (Å²) in [4.78, 5) is 15.2. The smallest absolute Gasteiger partial charge is 0.255 e. The summed E-state index contributed by atoms with van der Waals surface area (Å²) in [5.41, 5.74) is 3.55. The van der Waals surface area contributed by atoms with Crippen LogP contribution < -0.4 is 10.6 Å². The molecule has 3 heterocycles. The van der Waals surface area contributed by atoms with E-state index in [-0.39, 0.29) is 5.91 Å². The molecule has 2 atom stereocenters. The number of aromatic amines is 1. The van der Waals surface area contributed by atoms with Crippen molar-refractivity contribution in [3.63, 3.8) is 0 Å². The molecule has 138 valence electrons. The van der Waals surface area contributed by atoms with Gasteiger partial charge in [-0.2, -0.15) is 5.10 Å². The zero-order chi connectivity index (χ0) is 18.2. The molecular formula is C21H23N5O. The molecule has 2 aliphatic rings. The van der Waals surface area contributed by atoms with Crippen molar-refractivity contribution in [2.45, 2.75) is 31.5 Å². The van der Waals surface area contributed by atoms with Gasteiger partial charge in [-0.05, 0) is 48.7 Å². The first-order chi connectivity index (χ1) is 13.2. The van der Waals surface area contributed by atoms with Crippen molar-refractivity contribution in [2.24, 2.45) is 0 Å². The van der Waals surface area contributed by atoms with Crippen molar-refractivity contribution in [1.29, 1.82) is 0 Å². The van der Waals surface area contributed by atoms with E-state index in [4.69, 9.17) is 0 Å². The predicted molar refractivity (Wildman–Crippen MR) is 106 cm³/mol. The SMILES string of the molecule is O=C(Nc1ccc2cn[nH]c2c1)c1cccc(CN2C[C@H]3CC[C@@H](C2)N3)c1. The van der Waals surface area contributed by atoms with Crippen LogP contribution in [0.1, 0.15) is 28.8 Å². The Hall–Kier alpha value is -2.70. The van der Waals surface area contributed by atoms with E-state index in [0.29, 0.717) is 17.6 Å². The van der Waals surface area contributed by atoms with Crippen LogP contribution in [0.5, 0.6) is 0 Å². The molecule has 0 unspecified atom stereocenters. The standard InChI is InChI=1S/C21H23N5O/c27-21(24-17-5-4-16-10-22-25-20(16)9-17)15-3-1-2-14(8-15)11-26-12-18-6-7-19(13-26)23-18/h1-5,8-10,18-19,23H,6-7,11-13H2,(H,22,25)(H,24,27)/t18-,19+. The Bertz CT molecular complexity index is 969. The summed E-state index contributed by atoms with van der Waals surface area (Å²) < 4.78 is 0. The average molecular weight is 361 g/mol. The Morgan fingerprint density at radius 1 is 1.15 bits per heavy atom. The lowest BCUT2D eigenvalue weighted by Crippen LogP contribution is -2.50. The lowest BCUT2D eigenvalue weighted by Gasteiger charge is -2.32. The molecule has 2 aromatic carbocycles. The molecule has 0 aliphatic carbocycles. The van der Waals surface area contributed by atoms with Crippen molar-refractivity contribution in [3.05, 3.63) is 59.8 Å². The second-order valence-electron chi connectivity index (χ2n) is 7.66. The van der Waals surface area contributed by atoms with Crippen molar-refractivity contribution < 1.29 is 4.79 Å². The van der Waals surface area contributed by atoms with Gasteiger partial charge in [0.05, 0.1) is 11.7 Å².